The molecule has 0 saturated carbocycles. The van der Waals surface area contributed by atoms with E-state index in [1.54, 1.807) is 30.5 Å². The number of benzene rings is 2. The predicted molar refractivity (Wildman–Crippen MR) is 112 cm³/mol. The van der Waals surface area contributed by atoms with E-state index in [1.165, 1.54) is 24.5 Å². The molecule has 0 spiro atoms. The smallest absolute Gasteiger partial charge is 0.339 e. The van der Waals surface area contributed by atoms with Crippen molar-refractivity contribution in [2.45, 2.75) is 19.4 Å². The minimum atomic E-state index is -1.11. The molecule has 6 nitrogen and oxygen atoms in total. The Kier molecular flexibility index (Phi) is 5.30. The van der Waals surface area contributed by atoms with E-state index < -0.39 is 12.1 Å². The largest absolute Gasteiger partial charge is 0.619 e. The molecule has 0 aliphatic carbocycles. The van der Waals surface area contributed by atoms with Gasteiger partial charge in [0.2, 0.25) is 5.78 Å². The van der Waals surface area contributed by atoms with Gasteiger partial charge in [-0.05, 0) is 12.0 Å². The zero-order valence-electron chi connectivity index (χ0n) is 16.4. The van der Waals surface area contributed by atoms with Crippen molar-refractivity contribution >= 4 is 22.7 Å². The maximum absolute atomic E-state index is 13.5. The maximum Gasteiger partial charge on any atom is 0.339 e. The number of hydrogen-bond donors (Lipinski definition) is 1. The summed E-state index contributed by atoms with van der Waals surface area (Å²) >= 11 is 0. The molecule has 0 fully saturated rings. The van der Waals surface area contributed by atoms with Gasteiger partial charge in [0, 0.05) is 40.4 Å². The van der Waals surface area contributed by atoms with Crippen molar-refractivity contribution in [1.82, 2.24) is 4.98 Å². The van der Waals surface area contributed by atoms with Gasteiger partial charge in [-0.1, -0.05) is 55.5 Å². The number of nitrogens with zero attached hydrogens (tertiary/aromatic N) is 1. The number of aromatic amines is 1. The van der Waals surface area contributed by atoms with Crippen LogP contribution in [-0.2, 0) is 11.2 Å². The van der Waals surface area contributed by atoms with Crippen molar-refractivity contribution in [3.05, 3.63) is 107 Å². The monoisotopic (exact) mass is 400 g/mol. The third-order valence-electron chi connectivity index (χ3n) is 5.05. The molecular formula is C24H20N2O4. The number of esters is 1. The van der Waals surface area contributed by atoms with E-state index >= 15 is 0 Å². The number of nitrogens with one attached hydrogen (secondary N) is 1. The number of pyridine rings is 1. The minimum absolute atomic E-state index is 0.197. The van der Waals surface area contributed by atoms with Crippen LogP contribution in [0, 0.1) is 5.21 Å². The Morgan fingerprint density at radius 3 is 2.47 bits per heavy atom. The fourth-order valence-electron chi connectivity index (χ4n) is 3.48. The summed E-state index contributed by atoms with van der Waals surface area (Å²) in [5.74, 6) is -0.990. The molecule has 0 aliphatic heterocycles. The predicted octanol–water partition coefficient (Wildman–Crippen LogP) is 4.14. The molecule has 30 heavy (non-hydrogen) atoms. The molecule has 4 aromatic rings. The summed E-state index contributed by atoms with van der Waals surface area (Å²) in [6.45, 7) is 2.05. The van der Waals surface area contributed by atoms with Crippen LogP contribution < -0.4 is 4.73 Å². The average Bonchev–Trinajstić information content (AvgIpc) is 3.22. The first-order valence-electron chi connectivity index (χ1n) is 9.66. The van der Waals surface area contributed by atoms with Crippen LogP contribution in [0.1, 0.15) is 44.9 Å². The van der Waals surface area contributed by atoms with Gasteiger partial charge in [0.1, 0.15) is 0 Å². The molecule has 4 rings (SSSR count). The minimum Gasteiger partial charge on any atom is -0.619 e. The van der Waals surface area contributed by atoms with Crippen molar-refractivity contribution in [3.8, 4) is 0 Å². The summed E-state index contributed by atoms with van der Waals surface area (Å²) in [6.07, 6.45) is 3.81. The number of ketones is 1. The molecule has 0 unspecified atom stereocenters. The molecule has 0 bridgehead atoms. The Labute approximate surface area is 173 Å². The normalized spacial score (nSPS) is 11.9. The van der Waals surface area contributed by atoms with Crippen LogP contribution in [0.2, 0.25) is 0 Å². The lowest BCUT2D eigenvalue weighted by Gasteiger charge is -2.17. The average molecular weight is 400 g/mol. The lowest BCUT2D eigenvalue weighted by Crippen LogP contribution is -2.25. The Morgan fingerprint density at radius 1 is 1.03 bits per heavy atom. The summed E-state index contributed by atoms with van der Waals surface area (Å²) in [7, 11) is 0. The van der Waals surface area contributed by atoms with Gasteiger partial charge in [0.25, 0.3) is 0 Å². The molecule has 6 heteroatoms. The van der Waals surface area contributed by atoms with Gasteiger partial charge in [-0.15, -0.1) is 0 Å². The van der Waals surface area contributed by atoms with Crippen molar-refractivity contribution < 1.29 is 19.1 Å². The first-order valence-corrected chi connectivity index (χ1v) is 9.66. The van der Waals surface area contributed by atoms with E-state index in [2.05, 4.69) is 11.9 Å². The Morgan fingerprint density at radius 2 is 1.77 bits per heavy atom. The van der Waals surface area contributed by atoms with Crippen molar-refractivity contribution in [1.29, 1.82) is 0 Å². The summed E-state index contributed by atoms with van der Waals surface area (Å²) in [5.41, 5.74) is 3.25. The zero-order chi connectivity index (χ0) is 21.1. The Hall–Kier alpha value is -3.93. The highest BCUT2D eigenvalue weighted by atomic mass is 16.5. The van der Waals surface area contributed by atoms with Gasteiger partial charge >= 0.3 is 5.97 Å². The zero-order valence-corrected chi connectivity index (χ0v) is 16.4. The van der Waals surface area contributed by atoms with E-state index in [0.717, 1.165) is 22.9 Å². The van der Waals surface area contributed by atoms with Crippen LogP contribution in [0.3, 0.4) is 0 Å². The van der Waals surface area contributed by atoms with Crippen molar-refractivity contribution in [3.63, 3.8) is 0 Å². The van der Waals surface area contributed by atoms with Gasteiger partial charge in [0.05, 0.1) is 5.56 Å². The first-order chi connectivity index (χ1) is 14.6. The second-order valence-electron chi connectivity index (χ2n) is 6.90. The van der Waals surface area contributed by atoms with Crippen LogP contribution >= 0.6 is 0 Å². The second-order valence-corrected chi connectivity index (χ2v) is 6.90. The maximum atomic E-state index is 13.5. The van der Waals surface area contributed by atoms with Gasteiger partial charge in [-0.2, -0.15) is 4.73 Å². The molecule has 2 aromatic heterocycles. The second kappa shape index (κ2) is 8.21. The SMILES string of the molecule is CCc1cccc2c(C(=O)[C@@H](OC(=O)c3cc[n+]([O-])cc3)c3ccccc3)c[nH]c12. The molecule has 1 atom stereocenters. The number of carbonyl (C=O) groups is 2. The van der Waals surface area contributed by atoms with Crippen LogP contribution in [0.5, 0.6) is 0 Å². The highest BCUT2D eigenvalue weighted by molar-refractivity contribution is 6.11. The molecule has 0 saturated heterocycles. The van der Waals surface area contributed by atoms with Crippen LogP contribution in [-0.4, -0.2) is 16.7 Å². The van der Waals surface area contributed by atoms with Gasteiger partial charge < -0.3 is 14.9 Å². The van der Waals surface area contributed by atoms with Crippen LogP contribution in [0.25, 0.3) is 10.9 Å². The number of carbonyl (C=O) groups excluding carboxylic acids is 2. The number of fused-ring (bicyclic) bond motifs is 1. The summed E-state index contributed by atoms with van der Waals surface area (Å²) in [5, 5.41) is 12.0. The Balaban J connectivity index is 1.72. The van der Waals surface area contributed by atoms with E-state index in [-0.39, 0.29) is 11.3 Å². The molecule has 150 valence electrons. The van der Waals surface area contributed by atoms with Crippen LogP contribution in [0.15, 0.2) is 79.3 Å². The number of rotatable bonds is 6. The van der Waals surface area contributed by atoms with Gasteiger partial charge in [-0.25, -0.2) is 4.79 Å². The lowest BCUT2D eigenvalue weighted by molar-refractivity contribution is -0.605. The fourth-order valence-corrected chi connectivity index (χ4v) is 3.48. The molecule has 0 aliphatic rings. The summed E-state index contributed by atoms with van der Waals surface area (Å²) in [6, 6.07) is 17.4. The van der Waals surface area contributed by atoms with E-state index in [0.29, 0.717) is 15.9 Å². The van der Waals surface area contributed by atoms with Crippen molar-refractivity contribution in [2.75, 3.05) is 0 Å². The number of hydrogen-bond acceptors (Lipinski definition) is 4. The molecule has 2 aromatic carbocycles. The first kappa shape index (κ1) is 19.4. The topological polar surface area (TPSA) is 86.1 Å². The van der Waals surface area contributed by atoms with Gasteiger partial charge in [-0.3, -0.25) is 4.79 Å². The quantitative estimate of drug-likeness (QED) is 0.228. The third kappa shape index (κ3) is 3.67. The standard InChI is InChI=1S/C24H20N2O4/c1-2-16-9-6-10-19-20(15-25-21(16)19)22(27)23(17-7-4-3-5-8-17)30-24(28)18-11-13-26(29)14-12-18/h3-15,23,25H,2H2,1H3/t23-/m0/s1. The lowest BCUT2D eigenvalue weighted by atomic mass is 9.98. The number of aryl methyl sites for hydroxylation is 1. The fraction of sp³-hybridized carbons (Fsp3) is 0.125. The highest BCUT2D eigenvalue weighted by Gasteiger charge is 2.29. The van der Waals surface area contributed by atoms with Crippen molar-refractivity contribution in [2.24, 2.45) is 0 Å². The molecule has 0 radical (unpaired) electrons. The van der Waals surface area contributed by atoms with E-state index in [4.69, 9.17) is 4.74 Å². The van der Waals surface area contributed by atoms with Gasteiger partial charge in [0.15, 0.2) is 18.5 Å². The van der Waals surface area contributed by atoms with E-state index in [9.17, 15) is 14.8 Å². The molecule has 1 N–H and O–H groups in total. The molecule has 2 heterocycles. The number of aromatic nitrogens is 2. The number of H-pyrrole nitrogens is 1. The number of ether oxygens (including phenoxy) is 1. The molecule has 0 amide bonds. The third-order valence-corrected chi connectivity index (χ3v) is 5.05. The summed E-state index contributed by atoms with van der Waals surface area (Å²) in [4.78, 5) is 29.4. The van der Waals surface area contributed by atoms with Crippen LogP contribution in [0.4, 0.5) is 0 Å². The summed E-state index contributed by atoms with van der Waals surface area (Å²) < 4.78 is 6.22. The van der Waals surface area contributed by atoms with E-state index in [1.807, 2.05) is 24.3 Å². The number of para-hydroxylation sites is 1. The molecular weight excluding hydrogens is 380 g/mol. The Bertz CT molecular complexity index is 1200. The highest BCUT2D eigenvalue weighted by Crippen LogP contribution is 2.29. The number of Topliss-reactive ketones (excluding diaryl/α,β-unsaturated/α-hetero) is 1.